The third-order valence-electron chi connectivity index (χ3n) is 4.21. The lowest BCUT2D eigenvalue weighted by Gasteiger charge is -2.33. The van der Waals surface area contributed by atoms with Crippen molar-refractivity contribution in [2.75, 3.05) is 20.1 Å². The summed E-state index contributed by atoms with van der Waals surface area (Å²) >= 11 is 0. The van der Waals surface area contributed by atoms with Crippen LogP contribution in [0.5, 0.6) is 0 Å². The largest absolute Gasteiger partial charge is 0.339 e. The number of rotatable bonds is 5. The fourth-order valence-electron chi connectivity index (χ4n) is 2.59. The molecule has 124 valence electrons. The summed E-state index contributed by atoms with van der Waals surface area (Å²) in [4.78, 5) is 15.7. The Balaban J connectivity index is 0.00000192. The van der Waals surface area contributed by atoms with E-state index in [2.05, 4.69) is 15.5 Å². The second-order valence-corrected chi connectivity index (χ2v) is 5.86. The number of aromatic nitrogens is 3. The van der Waals surface area contributed by atoms with E-state index in [0.717, 1.165) is 24.5 Å². The first-order valence-electron chi connectivity index (χ1n) is 7.57. The van der Waals surface area contributed by atoms with Crippen LogP contribution in [0.1, 0.15) is 12.6 Å². The number of benzene rings is 1. The van der Waals surface area contributed by atoms with Crippen molar-refractivity contribution in [3.8, 4) is 5.69 Å². The first-order valence-corrected chi connectivity index (χ1v) is 7.57. The normalized spacial score (nSPS) is 15.4. The van der Waals surface area contributed by atoms with E-state index in [1.165, 1.54) is 0 Å². The molecule has 23 heavy (non-hydrogen) atoms. The maximum Gasteiger partial charge on any atom is 0.225 e. The lowest BCUT2D eigenvalue weighted by atomic mass is 9.88. The quantitative estimate of drug-likeness (QED) is 0.899. The second kappa shape index (κ2) is 7.57. The van der Waals surface area contributed by atoms with Crippen LogP contribution in [-0.2, 0) is 11.3 Å². The van der Waals surface area contributed by atoms with Crippen LogP contribution in [0.2, 0.25) is 0 Å². The number of nitrogens with zero attached hydrogens (tertiary/aromatic N) is 4. The van der Waals surface area contributed by atoms with E-state index in [4.69, 9.17) is 0 Å². The van der Waals surface area contributed by atoms with E-state index in [1.807, 2.05) is 44.3 Å². The molecule has 1 amide bonds. The van der Waals surface area contributed by atoms with Gasteiger partial charge < -0.3 is 10.2 Å². The molecule has 0 saturated carbocycles. The zero-order valence-electron chi connectivity index (χ0n) is 13.3. The van der Waals surface area contributed by atoms with E-state index in [0.29, 0.717) is 12.5 Å². The van der Waals surface area contributed by atoms with Crippen LogP contribution in [0.3, 0.4) is 0 Å². The summed E-state index contributed by atoms with van der Waals surface area (Å²) in [6.45, 7) is 4.36. The van der Waals surface area contributed by atoms with Gasteiger partial charge in [0.2, 0.25) is 5.91 Å². The maximum absolute atomic E-state index is 12.4. The van der Waals surface area contributed by atoms with Crippen molar-refractivity contribution in [1.29, 1.82) is 0 Å². The van der Waals surface area contributed by atoms with Crippen LogP contribution in [0.25, 0.3) is 5.69 Å². The highest BCUT2D eigenvalue weighted by Crippen LogP contribution is 2.18. The van der Waals surface area contributed by atoms with Crippen molar-refractivity contribution >= 4 is 18.3 Å². The minimum Gasteiger partial charge on any atom is -0.339 e. The number of hydrogen-bond donors (Lipinski definition) is 1. The van der Waals surface area contributed by atoms with Gasteiger partial charge in [0.15, 0.2) is 0 Å². The van der Waals surface area contributed by atoms with Crippen LogP contribution >= 0.6 is 12.4 Å². The van der Waals surface area contributed by atoms with E-state index in [1.54, 1.807) is 15.9 Å². The molecule has 1 N–H and O–H groups in total. The molecule has 1 saturated heterocycles. The van der Waals surface area contributed by atoms with Crippen LogP contribution < -0.4 is 5.32 Å². The lowest BCUT2D eigenvalue weighted by Crippen LogP contribution is -2.49. The van der Waals surface area contributed by atoms with E-state index < -0.39 is 0 Å². The van der Waals surface area contributed by atoms with Crippen molar-refractivity contribution in [3.05, 3.63) is 42.2 Å². The van der Waals surface area contributed by atoms with Gasteiger partial charge in [0.05, 0.1) is 18.4 Å². The average molecular weight is 336 g/mol. The van der Waals surface area contributed by atoms with Crippen LogP contribution in [0.15, 0.2) is 36.5 Å². The molecule has 1 aromatic heterocycles. The monoisotopic (exact) mass is 335 g/mol. The van der Waals surface area contributed by atoms with E-state index in [-0.39, 0.29) is 24.2 Å². The van der Waals surface area contributed by atoms with Crippen LogP contribution in [-0.4, -0.2) is 45.9 Å². The minimum atomic E-state index is 0. The van der Waals surface area contributed by atoms with Gasteiger partial charge in [-0.3, -0.25) is 4.79 Å². The molecule has 7 heteroatoms. The Bertz CT molecular complexity index is 641. The highest BCUT2D eigenvalue weighted by atomic mass is 35.5. The standard InChI is InChI=1S/C16H21N5O.ClH/c1-12(13-8-17-9-13)16(22)20(2)11-14-10-18-21(19-14)15-6-4-3-5-7-15;/h3-7,10,12-13,17H,8-9,11H2,1-2H3;1H. The molecule has 2 heterocycles. The van der Waals surface area contributed by atoms with Gasteiger partial charge in [-0.05, 0) is 31.1 Å². The van der Waals surface area contributed by atoms with E-state index >= 15 is 0 Å². The molecule has 1 fully saturated rings. The molecule has 0 bridgehead atoms. The summed E-state index contributed by atoms with van der Waals surface area (Å²) < 4.78 is 0. The Labute approximate surface area is 142 Å². The number of carbonyl (C=O) groups excluding carboxylic acids is 1. The molecule has 1 unspecified atom stereocenters. The van der Waals surface area contributed by atoms with Crippen LogP contribution in [0.4, 0.5) is 0 Å². The molecule has 2 aromatic rings. The zero-order valence-corrected chi connectivity index (χ0v) is 14.2. The highest BCUT2D eigenvalue weighted by Gasteiger charge is 2.30. The van der Waals surface area contributed by atoms with E-state index in [9.17, 15) is 4.79 Å². The second-order valence-electron chi connectivity index (χ2n) is 5.86. The van der Waals surface area contributed by atoms with Gasteiger partial charge >= 0.3 is 0 Å². The SMILES string of the molecule is CC(C(=O)N(C)Cc1cnn(-c2ccccc2)n1)C1CNC1.Cl. The molecule has 0 spiro atoms. The number of hydrogen-bond acceptors (Lipinski definition) is 4. The van der Waals surface area contributed by atoms with Gasteiger partial charge in [0.25, 0.3) is 0 Å². The Morgan fingerprint density at radius 2 is 2.09 bits per heavy atom. The smallest absolute Gasteiger partial charge is 0.225 e. The van der Waals surface area contributed by atoms with Crippen molar-refractivity contribution in [1.82, 2.24) is 25.2 Å². The summed E-state index contributed by atoms with van der Waals surface area (Å²) in [5.41, 5.74) is 1.70. The Hall–Kier alpha value is -1.92. The fraction of sp³-hybridized carbons (Fsp3) is 0.438. The zero-order chi connectivity index (χ0) is 15.5. The number of carbonyl (C=O) groups is 1. The lowest BCUT2D eigenvalue weighted by molar-refractivity contribution is -0.136. The number of halogens is 1. The third kappa shape index (κ3) is 3.89. The topological polar surface area (TPSA) is 63.1 Å². The van der Waals surface area contributed by atoms with Crippen LogP contribution in [0, 0.1) is 11.8 Å². The molecule has 1 atom stereocenters. The summed E-state index contributed by atoms with van der Waals surface area (Å²) in [5, 5.41) is 11.9. The van der Waals surface area contributed by atoms with Gasteiger partial charge in [-0.1, -0.05) is 25.1 Å². The maximum atomic E-state index is 12.4. The fourth-order valence-corrected chi connectivity index (χ4v) is 2.59. The van der Waals surface area contributed by atoms with Gasteiger partial charge in [0, 0.05) is 13.0 Å². The molecule has 6 nitrogen and oxygen atoms in total. The molecule has 1 aromatic carbocycles. The van der Waals surface area contributed by atoms with Crippen molar-refractivity contribution < 1.29 is 4.79 Å². The molecule has 3 rings (SSSR count). The average Bonchev–Trinajstić information content (AvgIpc) is 2.94. The summed E-state index contributed by atoms with van der Waals surface area (Å²) in [5.74, 6) is 0.672. The number of amides is 1. The van der Waals surface area contributed by atoms with Gasteiger partial charge in [0.1, 0.15) is 5.69 Å². The summed E-state index contributed by atoms with van der Waals surface area (Å²) in [6.07, 6.45) is 1.71. The molecular weight excluding hydrogens is 314 g/mol. The molecular formula is C16H22ClN5O. The Morgan fingerprint density at radius 1 is 1.39 bits per heavy atom. The van der Waals surface area contributed by atoms with Crippen molar-refractivity contribution in [3.63, 3.8) is 0 Å². The Kier molecular flexibility index (Phi) is 5.74. The van der Waals surface area contributed by atoms with Crippen molar-refractivity contribution in [2.24, 2.45) is 11.8 Å². The first-order chi connectivity index (χ1) is 10.6. The van der Waals surface area contributed by atoms with Gasteiger partial charge in [-0.25, -0.2) is 0 Å². The predicted octanol–water partition coefficient (Wildman–Crippen LogP) is 1.50. The van der Waals surface area contributed by atoms with Crippen molar-refractivity contribution in [2.45, 2.75) is 13.5 Å². The van der Waals surface area contributed by atoms with Gasteiger partial charge in [-0.15, -0.1) is 12.4 Å². The highest BCUT2D eigenvalue weighted by molar-refractivity contribution is 5.85. The molecule has 0 radical (unpaired) electrons. The molecule has 0 aliphatic carbocycles. The predicted molar refractivity (Wildman–Crippen MR) is 90.6 cm³/mol. The summed E-state index contributed by atoms with van der Waals surface area (Å²) in [6, 6.07) is 9.75. The number of para-hydroxylation sites is 1. The molecule has 1 aliphatic rings. The summed E-state index contributed by atoms with van der Waals surface area (Å²) in [7, 11) is 1.83. The Morgan fingerprint density at radius 3 is 2.70 bits per heavy atom. The van der Waals surface area contributed by atoms with Gasteiger partial charge in [-0.2, -0.15) is 15.0 Å². The third-order valence-corrected chi connectivity index (χ3v) is 4.21. The number of nitrogens with one attached hydrogen (secondary N) is 1. The minimum absolute atomic E-state index is 0. The first kappa shape index (κ1) is 17.4. The molecule has 1 aliphatic heterocycles.